The summed E-state index contributed by atoms with van der Waals surface area (Å²) in [6.07, 6.45) is 2.22. The Balaban J connectivity index is 2.19. The first-order chi connectivity index (χ1) is 10.6. The normalized spacial score (nSPS) is 12.5. The average molecular weight is 308 g/mol. The smallest absolute Gasteiger partial charge is 0.160 e. The summed E-state index contributed by atoms with van der Waals surface area (Å²) in [6, 6.07) is 6.69. The van der Waals surface area contributed by atoms with E-state index >= 15 is 0 Å². The van der Waals surface area contributed by atoms with Gasteiger partial charge in [0.05, 0.1) is 14.2 Å². The fourth-order valence-electron chi connectivity index (χ4n) is 2.59. The second kappa shape index (κ2) is 10.5. The van der Waals surface area contributed by atoms with Gasteiger partial charge in [0.25, 0.3) is 0 Å². The lowest BCUT2D eigenvalue weighted by atomic mass is 10.1. The summed E-state index contributed by atoms with van der Waals surface area (Å²) in [5, 5.41) is 7.02. The van der Waals surface area contributed by atoms with E-state index in [4.69, 9.17) is 9.47 Å². The molecule has 0 radical (unpaired) electrons. The van der Waals surface area contributed by atoms with Crippen molar-refractivity contribution < 1.29 is 9.47 Å². The zero-order valence-corrected chi connectivity index (χ0v) is 14.7. The quantitative estimate of drug-likeness (QED) is 0.617. The van der Waals surface area contributed by atoms with Gasteiger partial charge in [0.1, 0.15) is 0 Å². The Morgan fingerprint density at radius 3 is 2.32 bits per heavy atom. The van der Waals surface area contributed by atoms with Crippen LogP contribution in [0.3, 0.4) is 0 Å². The molecule has 1 aromatic carbocycles. The summed E-state index contributed by atoms with van der Waals surface area (Å²) >= 11 is 0. The number of methoxy groups -OCH3 is 2. The molecule has 0 amide bonds. The fourth-order valence-corrected chi connectivity index (χ4v) is 2.59. The Kier molecular flexibility index (Phi) is 8.94. The summed E-state index contributed by atoms with van der Waals surface area (Å²) in [6.45, 7) is 9.76. The molecule has 0 aromatic heterocycles. The van der Waals surface area contributed by atoms with E-state index < -0.39 is 0 Å². The maximum Gasteiger partial charge on any atom is 0.160 e. The summed E-state index contributed by atoms with van der Waals surface area (Å²) in [5.74, 6) is 2.33. The number of hydrogen-bond acceptors (Lipinski definition) is 4. The lowest BCUT2D eigenvalue weighted by Crippen LogP contribution is -2.34. The van der Waals surface area contributed by atoms with Crippen molar-refractivity contribution in [1.82, 2.24) is 10.6 Å². The molecule has 0 aliphatic carbocycles. The highest BCUT2D eigenvalue weighted by molar-refractivity contribution is 5.42. The highest BCUT2D eigenvalue weighted by atomic mass is 16.5. The van der Waals surface area contributed by atoms with E-state index in [1.165, 1.54) is 12.0 Å². The molecule has 126 valence electrons. The molecule has 0 saturated carbocycles. The molecule has 1 atom stereocenters. The predicted molar refractivity (Wildman–Crippen MR) is 93.0 cm³/mol. The van der Waals surface area contributed by atoms with Crippen LogP contribution in [0.15, 0.2) is 18.2 Å². The molecule has 22 heavy (non-hydrogen) atoms. The van der Waals surface area contributed by atoms with Gasteiger partial charge in [0.2, 0.25) is 0 Å². The molecule has 2 N–H and O–H groups in total. The second-order valence-electron chi connectivity index (χ2n) is 6.17. The molecule has 0 aliphatic rings. The van der Waals surface area contributed by atoms with Crippen LogP contribution in [0.25, 0.3) is 0 Å². The summed E-state index contributed by atoms with van der Waals surface area (Å²) < 4.78 is 10.6. The van der Waals surface area contributed by atoms with Crippen LogP contribution in [0, 0.1) is 5.92 Å². The SMILES string of the molecule is COc1ccc(CCNCCNC(C)CC(C)C)cc1OC. The van der Waals surface area contributed by atoms with Crippen LogP contribution in [-0.4, -0.2) is 39.9 Å². The van der Waals surface area contributed by atoms with Gasteiger partial charge in [0.15, 0.2) is 11.5 Å². The maximum atomic E-state index is 5.32. The van der Waals surface area contributed by atoms with Crippen molar-refractivity contribution in [3.05, 3.63) is 23.8 Å². The molecule has 0 fully saturated rings. The van der Waals surface area contributed by atoms with Gasteiger partial charge in [-0.2, -0.15) is 0 Å². The highest BCUT2D eigenvalue weighted by Crippen LogP contribution is 2.27. The van der Waals surface area contributed by atoms with Crippen molar-refractivity contribution in [2.24, 2.45) is 5.92 Å². The van der Waals surface area contributed by atoms with Crippen LogP contribution < -0.4 is 20.1 Å². The van der Waals surface area contributed by atoms with Gasteiger partial charge < -0.3 is 20.1 Å². The molecule has 4 nitrogen and oxygen atoms in total. The number of rotatable bonds is 11. The van der Waals surface area contributed by atoms with Gasteiger partial charge in [-0.05, 0) is 49.9 Å². The van der Waals surface area contributed by atoms with Gasteiger partial charge in [-0.3, -0.25) is 0 Å². The minimum absolute atomic E-state index is 0.590. The molecule has 0 heterocycles. The van der Waals surface area contributed by atoms with E-state index in [9.17, 15) is 0 Å². The van der Waals surface area contributed by atoms with E-state index in [2.05, 4.69) is 37.5 Å². The maximum absolute atomic E-state index is 5.32. The number of hydrogen-bond donors (Lipinski definition) is 2. The van der Waals surface area contributed by atoms with Gasteiger partial charge in [-0.25, -0.2) is 0 Å². The van der Waals surface area contributed by atoms with E-state index in [0.717, 1.165) is 43.5 Å². The third-order valence-corrected chi connectivity index (χ3v) is 3.66. The Bertz CT molecular complexity index is 422. The first-order valence-electron chi connectivity index (χ1n) is 8.21. The van der Waals surface area contributed by atoms with Crippen LogP contribution in [0.5, 0.6) is 11.5 Å². The van der Waals surface area contributed by atoms with E-state index in [-0.39, 0.29) is 0 Å². The first-order valence-corrected chi connectivity index (χ1v) is 8.21. The molecule has 0 spiro atoms. The monoisotopic (exact) mass is 308 g/mol. The van der Waals surface area contributed by atoms with Gasteiger partial charge in [0, 0.05) is 19.1 Å². The van der Waals surface area contributed by atoms with Crippen LogP contribution in [0.4, 0.5) is 0 Å². The number of ether oxygens (including phenoxy) is 2. The number of nitrogens with one attached hydrogen (secondary N) is 2. The Labute approximate surface area is 135 Å². The molecular weight excluding hydrogens is 276 g/mol. The van der Waals surface area contributed by atoms with Crippen LogP contribution >= 0.6 is 0 Å². The molecule has 0 aliphatic heterocycles. The van der Waals surface area contributed by atoms with Gasteiger partial charge >= 0.3 is 0 Å². The Hall–Kier alpha value is -1.26. The standard InChI is InChI=1S/C18H32N2O2/c1-14(2)12-15(3)20-11-10-19-9-8-16-6-7-17(21-4)18(13-16)22-5/h6-7,13-15,19-20H,8-12H2,1-5H3. The van der Waals surface area contributed by atoms with Crippen molar-refractivity contribution in [1.29, 1.82) is 0 Å². The number of benzene rings is 1. The molecule has 0 bridgehead atoms. The molecule has 1 aromatic rings. The summed E-state index contributed by atoms with van der Waals surface area (Å²) in [7, 11) is 3.33. The lowest BCUT2D eigenvalue weighted by Gasteiger charge is -2.16. The van der Waals surface area contributed by atoms with Crippen molar-refractivity contribution in [2.45, 2.75) is 39.7 Å². The van der Waals surface area contributed by atoms with Crippen LogP contribution in [0.1, 0.15) is 32.8 Å². The molecule has 1 unspecified atom stereocenters. The molecular formula is C18H32N2O2. The highest BCUT2D eigenvalue weighted by Gasteiger charge is 2.05. The lowest BCUT2D eigenvalue weighted by molar-refractivity contribution is 0.354. The zero-order valence-electron chi connectivity index (χ0n) is 14.7. The largest absolute Gasteiger partial charge is 0.493 e. The van der Waals surface area contributed by atoms with Gasteiger partial charge in [-0.15, -0.1) is 0 Å². The zero-order chi connectivity index (χ0) is 16.4. The van der Waals surface area contributed by atoms with Crippen molar-refractivity contribution in [3.8, 4) is 11.5 Å². The van der Waals surface area contributed by atoms with E-state index in [1.54, 1.807) is 14.2 Å². The van der Waals surface area contributed by atoms with Crippen molar-refractivity contribution in [2.75, 3.05) is 33.9 Å². The second-order valence-corrected chi connectivity index (χ2v) is 6.17. The van der Waals surface area contributed by atoms with E-state index in [0.29, 0.717) is 6.04 Å². The fraction of sp³-hybridized carbons (Fsp3) is 0.667. The Morgan fingerprint density at radius 2 is 1.68 bits per heavy atom. The average Bonchev–Trinajstić information content (AvgIpc) is 2.49. The van der Waals surface area contributed by atoms with Crippen LogP contribution in [-0.2, 0) is 6.42 Å². The first kappa shape index (κ1) is 18.8. The Morgan fingerprint density at radius 1 is 0.955 bits per heavy atom. The van der Waals surface area contributed by atoms with Crippen LogP contribution in [0.2, 0.25) is 0 Å². The topological polar surface area (TPSA) is 42.5 Å². The minimum atomic E-state index is 0.590. The molecule has 4 heteroatoms. The molecule has 0 saturated heterocycles. The van der Waals surface area contributed by atoms with Crippen molar-refractivity contribution >= 4 is 0 Å². The summed E-state index contributed by atoms with van der Waals surface area (Å²) in [4.78, 5) is 0. The summed E-state index contributed by atoms with van der Waals surface area (Å²) in [5.41, 5.74) is 1.26. The predicted octanol–water partition coefficient (Wildman–Crippen LogP) is 2.86. The minimum Gasteiger partial charge on any atom is -0.493 e. The van der Waals surface area contributed by atoms with E-state index in [1.807, 2.05) is 12.1 Å². The van der Waals surface area contributed by atoms with Gasteiger partial charge in [-0.1, -0.05) is 19.9 Å². The van der Waals surface area contributed by atoms with Crippen molar-refractivity contribution in [3.63, 3.8) is 0 Å². The molecule has 1 rings (SSSR count). The third-order valence-electron chi connectivity index (χ3n) is 3.66. The third kappa shape index (κ3) is 7.14.